The van der Waals surface area contributed by atoms with Crippen molar-refractivity contribution in [3.8, 4) is 0 Å². The summed E-state index contributed by atoms with van der Waals surface area (Å²) in [7, 11) is 1.34. The average Bonchev–Trinajstić information content (AvgIpc) is 2.03. The van der Waals surface area contributed by atoms with E-state index in [1.54, 1.807) is 0 Å². The second-order valence-electron chi connectivity index (χ2n) is 2.30. The predicted molar refractivity (Wildman–Crippen MR) is 48.5 cm³/mol. The Morgan fingerprint density at radius 2 is 1.67 bits per heavy atom. The molecule has 7 nitrogen and oxygen atoms in total. The monoisotopic (exact) mass is 220 g/mol. The molecule has 0 aromatic carbocycles. The van der Waals surface area contributed by atoms with Crippen LogP contribution in [0, 0.1) is 0 Å². The van der Waals surface area contributed by atoms with E-state index in [4.69, 9.17) is 15.3 Å². The maximum absolute atomic E-state index is 9.90. The van der Waals surface area contributed by atoms with E-state index in [1.165, 1.54) is 14.0 Å². The van der Waals surface area contributed by atoms with E-state index in [1.807, 2.05) is 0 Å². The lowest BCUT2D eigenvalue weighted by Crippen LogP contribution is -2.02. The number of hydrogen-bond donors (Lipinski definition) is 3. The van der Waals surface area contributed by atoms with Gasteiger partial charge in [0.05, 0.1) is 0 Å². The van der Waals surface area contributed by atoms with Crippen LogP contribution in [-0.2, 0) is 19.1 Å². The highest BCUT2D eigenvalue weighted by atomic mass is 16.5. The third kappa shape index (κ3) is 14.9. The maximum atomic E-state index is 9.90. The highest BCUT2D eigenvalue weighted by molar-refractivity contribution is 5.93. The Kier molecular flexibility index (Phi) is 9.03. The Labute approximate surface area is 85.6 Å². The first kappa shape index (κ1) is 15.6. The summed E-state index contributed by atoms with van der Waals surface area (Å²) in [5, 5.41) is 23.9. The normalized spacial score (nSPS) is 9.87. The first-order valence-corrected chi connectivity index (χ1v) is 3.66. The number of hydrogen-bond acceptors (Lipinski definition) is 4. The van der Waals surface area contributed by atoms with Crippen LogP contribution in [0.5, 0.6) is 0 Å². The molecule has 0 fully saturated rings. The molecule has 0 unspecified atom stereocenters. The summed E-state index contributed by atoms with van der Waals surface area (Å²) >= 11 is 0. The topological polar surface area (TPSA) is 121 Å². The molecule has 0 amide bonds. The summed E-state index contributed by atoms with van der Waals surface area (Å²) in [6, 6.07) is 0. The van der Waals surface area contributed by atoms with E-state index < -0.39 is 17.9 Å². The average molecular weight is 220 g/mol. The van der Waals surface area contributed by atoms with Crippen molar-refractivity contribution in [2.45, 2.75) is 6.92 Å². The summed E-state index contributed by atoms with van der Waals surface area (Å²) in [5.41, 5.74) is -0.178. The Morgan fingerprint density at radius 1 is 1.20 bits per heavy atom. The molecule has 7 heteroatoms. The van der Waals surface area contributed by atoms with Crippen molar-refractivity contribution in [3.63, 3.8) is 0 Å². The fourth-order valence-corrected chi connectivity index (χ4v) is 0.370. The predicted octanol–water partition coefficient (Wildman–Crippen LogP) is -0.181. The van der Waals surface area contributed by atoms with Crippen LogP contribution in [-0.4, -0.2) is 46.9 Å². The van der Waals surface area contributed by atoms with Gasteiger partial charge in [-0.1, -0.05) is 0 Å². The van der Waals surface area contributed by atoms with Gasteiger partial charge in [0.15, 0.2) is 0 Å². The molecular weight excluding hydrogens is 208 g/mol. The SMILES string of the molecule is C/C(=C\C(=O)O)C(=O)O.COCC(=O)O. The first-order valence-electron chi connectivity index (χ1n) is 3.66. The minimum absolute atomic E-state index is 0.178. The van der Waals surface area contributed by atoms with Crippen LogP contribution in [0.2, 0.25) is 0 Å². The summed E-state index contributed by atoms with van der Waals surface area (Å²) in [5.74, 6) is -3.38. The quantitative estimate of drug-likeness (QED) is 0.561. The Hall–Kier alpha value is -1.89. The van der Waals surface area contributed by atoms with Gasteiger partial charge in [0, 0.05) is 18.8 Å². The van der Waals surface area contributed by atoms with Crippen molar-refractivity contribution in [1.29, 1.82) is 0 Å². The number of carboxylic acids is 3. The lowest BCUT2D eigenvalue weighted by atomic mass is 10.3. The number of carbonyl (C=O) groups is 3. The molecule has 3 N–H and O–H groups in total. The zero-order chi connectivity index (χ0) is 12.4. The van der Waals surface area contributed by atoms with Crippen LogP contribution in [0.25, 0.3) is 0 Å². The summed E-state index contributed by atoms with van der Waals surface area (Å²) < 4.78 is 4.20. The van der Waals surface area contributed by atoms with Crippen LogP contribution in [0.3, 0.4) is 0 Å². The minimum Gasteiger partial charge on any atom is -0.480 e. The van der Waals surface area contributed by atoms with Gasteiger partial charge in [-0.25, -0.2) is 14.4 Å². The van der Waals surface area contributed by atoms with Gasteiger partial charge in [-0.05, 0) is 6.92 Å². The number of ether oxygens (including phenoxy) is 1. The van der Waals surface area contributed by atoms with E-state index in [0.29, 0.717) is 6.08 Å². The Balaban J connectivity index is 0. The van der Waals surface area contributed by atoms with Gasteiger partial charge in [0.1, 0.15) is 6.61 Å². The molecule has 0 radical (unpaired) electrons. The van der Waals surface area contributed by atoms with E-state index >= 15 is 0 Å². The van der Waals surface area contributed by atoms with Gasteiger partial charge in [-0.3, -0.25) is 0 Å². The van der Waals surface area contributed by atoms with Crippen LogP contribution in [0.4, 0.5) is 0 Å². The van der Waals surface area contributed by atoms with Crippen LogP contribution in [0.15, 0.2) is 11.6 Å². The Bertz CT molecular complexity index is 266. The molecule has 0 aromatic heterocycles. The molecule has 0 spiro atoms. The van der Waals surface area contributed by atoms with Crippen molar-refractivity contribution in [1.82, 2.24) is 0 Å². The van der Waals surface area contributed by atoms with E-state index in [-0.39, 0.29) is 12.2 Å². The van der Waals surface area contributed by atoms with Crippen molar-refractivity contribution in [2.75, 3.05) is 13.7 Å². The maximum Gasteiger partial charge on any atom is 0.331 e. The van der Waals surface area contributed by atoms with E-state index in [2.05, 4.69) is 4.74 Å². The fraction of sp³-hybridized carbons (Fsp3) is 0.375. The second-order valence-corrected chi connectivity index (χ2v) is 2.30. The zero-order valence-corrected chi connectivity index (χ0v) is 8.26. The fourth-order valence-electron chi connectivity index (χ4n) is 0.370. The molecule has 0 aliphatic rings. The lowest BCUT2D eigenvalue weighted by Gasteiger charge is -1.86. The summed E-state index contributed by atoms with van der Waals surface area (Å²) in [6.07, 6.45) is 0.641. The first-order chi connectivity index (χ1) is 6.81. The van der Waals surface area contributed by atoms with Gasteiger partial charge in [-0.15, -0.1) is 0 Å². The largest absolute Gasteiger partial charge is 0.480 e. The van der Waals surface area contributed by atoms with E-state index in [9.17, 15) is 14.4 Å². The van der Waals surface area contributed by atoms with Crippen molar-refractivity contribution in [3.05, 3.63) is 11.6 Å². The zero-order valence-electron chi connectivity index (χ0n) is 8.26. The standard InChI is InChI=1S/C5H6O4.C3H6O3/c1-3(5(8)9)2-4(6)7;1-6-2-3(4)5/h2H,1H3,(H,6,7)(H,8,9);2H2,1H3,(H,4,5)/b3-2+;. The van der Waals surface area contributed by atoms with Crippen molar-refractivity contribution < 1.29 is 34.4 Å². The third-order valence-corrected chi connectivity index (χ3v) is 0.945. The molecule has 0 aliphatic heterocycles. The molecule has 0 saturated carbocycles. The third-order valence-electron chi connectivity index (χ3n) is 0.945. The number of rotatable bonds is 4. The number of aliphatic carboxylic acids is 3. The summed E-state index contributed by atoms with van der Waals surface area (Å²) in [4.78, 5) is 29.2. The molecule has 0 heterocycles. The van der Waals surface area contributed by atoms with Crippen LogP contribution >= 0.6 is 0 Å². The minimum atomic E-state index is -1.24. The highest BCUT2D eigenvalue weighted by Gasteiger charge is 2.00. The molecule has 0 atom stereocenters. The molecule has 0 bridgehead atoms. The molecule has 15 heavy (non-hydrogen) atoms. The van der Waals surface area contributed by atoms with Gasteiger partial charge in [0.2, 0.25) is 0 Å². The molecule has 0 rings (SSSR count). The smallest absolute Gasteiger partial charge is 0.331 e. The molecule has 86 valence electrons. The van der Waals surface area contributed by atoms with Crippen molar-refractivity contribution >= 4 is 17.9 Å². The van der Waals surface area contributed by atoms with Gasteiger partial charge < -0.3 is 20.1 Å². The van der Waals surface area contributed by atoms with Gasteiger partial charge >= 0.3 is 17.9 Å². The van der Waals surface area contributed by atoms with E-state index in [0.717, 1.165) is 0 Å². The van der Waals surface area contributed by atoms with Gasteiger partial charge in [0.25, 0.3) is 0 Å². The van der Waals surface area contributed by atoms with Crippen LogP contribution in [0.1, 0.15) is 6.92 Å². The number of methoxy groups -OCH3 is 1. The summed E-state index contributed by atoms with van der Waals surface area (Å²) in [6.45, 7) is 1.01. The molecule has 0 aromatic rings. The molecule has 0 aliphatic carbocycles. The molecule has 0 saturated heterocycles. The van der Waals surface area contributed by atoms with Crippen LogP contribution < -0.4 is 0 Å². The van der Waals surface area contributed by atoms with Crippen molar-refractivity contribution in [2.24, 2.45) is 0 Å². The highest BCUT2D eigenvalue weighted by Crippen LogP contribution is 1.89. The number of carboxylic acid groups (broad SMARTS) is 3. The Morgan fingerprint density at radius 3 is 1.73 bits per heavy atom. The molecular formula is C8H12O7. The lowest BCUT2D eigenvalue weighted by molar-refractivity contribution is -0.141. The second kappa shape index (κ2) is 8.70. The van der Waals surface area contributed by atoms with Gasteiger partial charge in [-0.2, -0.15) is 0 Å².